The largest absolute Gasteiger partial charge is 0.378 e. The van der Waals surface area contributed by atoms with Crippen LogP contribution in [-0.2, 0) is 0 Å². The Morgan fingerprint density at radius 2 is 1.53 bits per heavy atom. The van der Waals surface area contributed by atoms with Crippen molar-refractivity contribution in [1.29, 1.82) is 0 Å². The summed E-state index contributed by atoms with van der Waals surface area (Å²) in [5.41, 5.74) is 1.21. The molecule has 0 aliphatic rings. The molecule has 0 saturated carbocycles. The molecule has 0 aliphatic heterocycles. The molecule has 0 unspecified atom stereocenters. The van der Waals surface area contributed by atoms with Gasteiger partial charge in [-0.25, -0.2) is 4.39 Å². The summed E-state index contributed by atoms with van der Waals surface area (Å²) in [6, 6.07) is 15.6. The van der Waals surface area contributed by atoms with Crippen molar-refractivity contribution >= 4 is 24.1 Å². The van der Waals surface area contributed by atoms with Crippen LogP contribution in [0.1, 0.15) is 0 Å². The molecule has 2 aromatic carbocycles. The van der Waals surface area contributed by atoms with Crippen molar-refractivity contribution in [2.45, 2.75) is 13.1 Å². The lowest BCUT2D eigenvalue weighted by atomic mass is 10.3. The molecule has 0 aromatic heterocycles. The third-order valence-corrected chi connectivity index (χ3v) is 7.18. The van der Waals surface area contributed by atoms with Crippen LogP contribution in [0.2, 0.25) is 13.1 Å². The molecule has 0 aliphatic carbocycles. The van der Waals surface area contributed by atoms with Gasteiger partial charge in [0.1, 0.15) is 13.9 Å². The molecule has 0 fully saturated rings. The molecule has 0 N–H and O–H groups in total. The normalized spacial score (nSPS) is 11.4. The number of benzene rings is 2. The van der Waals surface area contributed by atoms with Crippen LogP contribution >= 0.6 is 0 Å². The van der Waals surface area contributed by atoms with E-state index in [1.165, 1.54) is 16.1 Å². The molecule has 0 spiro atoms. The number of rotatable bonds is 3. The fourth-order valence-corrected chi connectivity index (χ4v) is 4.56. The van der Waals surface area contributed by atoms with E-state index in [2.05, 4.69) is 42.3 Å². The van der Waals surface area contributed by atoms with Gasteiger partial charge in [0, 0.05) is 19.8 Å². The zero-order valence-corrected chi connectivity index (χ0v) is 12.9. The molecule has 2 aromatic rings. The summed E-state index contributed by atoms with van der Waals surface area (Å²) in [6.07, 6.45) is 0. The summed E-state index contributed by atoms with van der Waals surface area (Å²) < 4.78 is 13.1. The topological polar surface area (TPSA) is 3.24 Å². The molecular formula is C16H20FNSi. The Hall–Kier alpha value is -1.61. The van der Waals surface area contributed by atoms with Crippen LogP contribution in [0, 0.1) is 5.82 Å². The van der Waals surface area contributed by atoms with Crippen LogP contribution in [0.5, 0.6) is 0 Å². The summed E-state index contributed by atoms with van der Waals surface area (Å²) in [7, 11) is 2.35. The number of hydrogen-bond donors (Lipinski definition) is 0. The van der Waals surface area contributed by atoms with Gasteiger partial charge in [0.2, 0.25) is 0 Å². The maximum absolute atomic E-state index is 13.1. The van der Waals surface area contributed by atoms with Gasteiger partial charge in [-0.2, -0.15) is 0 Å². The molecule has 1 nitrogen and oxygen atoms in total. The number of nitrogens with zero attached hydrogens (tertiary/aromatic N) is 1. The first-order chi connectivity index (χ1) is 8.91. The summed E-state index contributed by atoms with van der Waals surface area (Å²) in [5, 5.41) is 2.62. The highest BCUT2D eigenvalue weighted by molar-refractivity contribution is 7.00. The van der Waals surface area contributed by atoms with Gasteiger partial charge in [-0.1, -0.05) is 47.7 Å². The third kappa shape index (κ3) is 2.87. The van der Waals surface area contributed by atoms with Gasteiger partial charge < -0.3 is 4.90 Å². The zero-order valence-electron chi connectivity index (χ0n) is 11.9. The van der Waals surface area contributed by atoms with Crippen molar-refractivity contribution in [3.63, 3.8) is 0 Å². The van der Waals surface area contributed by atoms with E-state index in [-0.39, 0.29) is 5.82 Å². The minimum Gasteiger partial charge on any atom is -0.378 e. The van der Waals surface area contributed by atoms with Gasteiger partial charge in [0.05, 0.1) is 0 Å². The molecule has 3 heteroatoms. The van der Waals surface area contributed by atoms with Crippen LogP contribution in [0.3, 0.4) is 0 Å². The SMILES string of the molecule is CN(C)c1cccc([Si](C)(C)c2ccc(F)cc2)c1. The second kappa shape index (κ2) is 5.17. The maximum atomic E-state index is 13.1. The lowest BCUT2D eigenvalue weighted by molar-refractivity contribution is 0.628. The van der Waals surface area contributed by atoms with Crippen LogP contribution < -0.4 is 15.3 Å². The predicted molar refractivity (Wildman–Crippen MR) is 83.9 cm³/mol. The third-order valence-electron chi connectivity index (χ3n) is 3.65. The van der Waals surface area contributed by atoms with E-state index in [0.29, 0.717) is 0 Å². The number of halogens is 1. The van der Waals surface area contributed by atoms with E-state index >= 15 is 0 Å². The molecule has 2 rings (SSSR count). The predicted octanol–water partition coefficient (Wildman–Crippen LogP) is 2.71. The minimum absolute atomic E-state index is 0.171. The van der Waals surface area contributed by atoms with E-state index in [4.69, 9.17) is 0 Å². The highest BCUT2D eigenvalue weighted by Gasteiger charge is 2.26. The highest BCUT2D eigenvalue weighted by atomic mass is 28.3. The maximum Gasteiger partial charge on any atom is 0.123 e. The van der Waals surface area contributed by atoms with Gasteiger partial charge in [-0.3, -0.25) is 0 Å². The van der Waals surface area contributed by atoms with Crippen molar-refractivity contribution < 1.29 is 4.39 Å². The number of hydrogen-bond acceptors (Lipinski definition) is 1. The highest BCUT2D eigenvalue weighted by Crippen LogP contribution is 2.12. The van der Waals surface area contributed by atoms with Crippen molar-refractivity contribution in [2.75, 3.05) is 19.0 Å². The average molecular weight is 273 g/mol. The van der Waals surface area contributed by atoms with Gasteiger partial charge in [0.15, 0.2) is 0 Å². The second-order valence-corrected chi connectivity index (χ2v) is 9.98. The first-order valence-electron chi connectivity index (χ1n) is 6.45. The molecule has 100 valence electrons. The quantitative estimate of drug-likeness (QED) is 0.777. The fraction of sp³-hybridized carbons (Fsp3) is 0.250. The van der Waals surface area contributed by atoms with E-state index in [1.54, 1.807) is 12.1 Å². The molecule has 0 saturated heterocycles. The van der Waals surface area contributed by atoms with E-state index in [0.717, 1.165) is 0 Å². The van der Waals surface area contributed by atoms with Crippen LogP contribution in [0.25, 0.3) is 0 Å². The molecule has 0 bridgehead atoms. The summed E-state index contributed by atoms with van der Waals surface area (Å²) in [6.45, 7) is 4.60. The summed E-state index contributed by atoms with van der Waals surface area (Å²) in [4.78, 5) is 2.11. The zero-order chi connectivity index (χ0) is 14.0. The lowest BCUT2D eigenvalue weighted by Crippen LogP contribution is -2.52. The summed E-state index contributed by atoms with van der Waals surface area (Å²) >= 11 is 0. The van der Waals surface area contributed by atoms with Gasteiger partial charge in [-0.05, 0) is 24.3 Å². The molecule has 0 heterocycles. The van der Waals surface area contributed by atoms with E-state index in [9.17, 15) is 4.39 Å². The lowest BCUT2D eigenvalue weighted by Gasteiger charge is -2.25. The van der Waals surface area contributed by atoms with E-state index < -0.39 is 8.07 Å². The first kappa shape index (κ1) is 13.8. The molecule has 0 amide bonds. The van der Waals surface area contributed by atoms with Crippen molar-refractivity contribution in [1.82, 2.24) is 0 Å². The van der Waals surface area contributed by atoms with Crippen molar-refractivity contribution in [3.8, 4) is 0 Å². The van der Waals surface area contributed by atoms with Crippen LogP contribution in [0.15, 0.2) is 48.5 Å². The Morgan fingerprint density at radius 3 is 2.11 bits per heavy atom. The molecule has 19 heavy (non-hydrogen) atoms. The van der Waals surface area contributed by atoms with Gasteiger partial charge in [-0.15, -0.1) is 0 Å². The molecular weight excluding hydrogens is 253 g/mol. The standard InChI is InChI=1S/C16H20FNSi/c1-18(2)14-6-5-7-16(12-14)19(3,4)15-10-8-13(17)9-11-15/h5-12H,1-4H3. The van der Waals surface area contributed by atoms with Gasteiger partial charge >= 0.3 is 0 Å². The van der Waals surface area contributed by atoms with Gasteiger partial charge in [0.25, 0.3) is 0 Å². The van der Waals surface area contributed by atoms with Crippen LogP contribution in [-0.4, -0.2) is 22.2 Å². The van der Waals surface area contributed by atoms with Crippen LogP contribution in [0.4, 0.5) is 10.1 Å². The van der Waals surface area contributed by atoms with E-state index in [1.807, 2.05) is 26.2 Å². The fourth-order valence-electron chi connectivity index (χ4n) is 2.21. The Balaban J connectivity index is 2.43. The minimum atomic E-state index is -1.75. The number of anilines is 1. The summed E-state index contributed by atoms with van der Waals surface area (Å²) in [5.74, 6) is -0.171. The van der Waals surface area contributed by atoms with Crippen molar-refractivity contribution in [3.05, 3.63) is 54.3 Å². The average Bonchev–Trinajstić information content (AvgIpc) is 2.39. The van der Waals surface area contributed by atoms with Crippen molar-refractivity contribution in [2.24, 2.45) is 0 Å². The monoisotopic (exact) mass is 273 g/mol. The Kier molecular flexibility index (Phi) is 3.76. The second-order valence-electron chi connectivity index (χ2n) is 5.58. The smallest absolute Gasteiger partial charge is 0.123 e. The first-order valence-corrected chi connectivity index (χ1v) is 9.45. The Bertz CT molecular complexity index is 561. The molecule has 0 atom stereocenters. The Labute approximate surface area is 115 Å². The molecule has 0 radical (unpaired) electrons. The Morgan fingerprint density at radius 1 is 0.895 bits per heavy atom.